The summed E-state index contributed by atoms with van der Waals surface area (Å²) in [5.41, 5.74) is 0. The van der Waals surface area contributed by atoms with E-state index < -0.39 is 0 Å². The fourth-order valence-corrected chi connectivity index (χ4v) is 2.21. The first-order valence-electron chi connectivity index (χ1n) is 6.00. The maximum absolute atomic E-state index is 13.2. The highest BCUT2D eigenvalue weighted by atomic mass is 32.2. The molecule has 1 N–H and O–H groups in total. The molecule has 96 valence electrons. The molecule has 0 unspecified atom stereocenters. The predicted molar refractivity (Wildman–Crippen MR) is 71.1 cm³/mol. The number of hydrogen-bond donors (Lipinski definition) is 1. The molecule has 0 radical (unpaired) electrons. The molecule has 0 saturated carbocycles. The van der Waals surface area contributed by atoms with E-state index >= 15 is 0 Å². The van der Waals surface area contributed by atoms with Crippen molar-refractivity contribution in [1.29, 1.82) is 0 Å². The number of benzene rings is 1. The average molecular weight is 257 g/mol. The van der Waals surface area contributed by atoms with Crippen LogP contribution in [0, 0.1) is 5.82 Å². The van der Waals surface area contributed by atoms with Gasteiger partial charge in [-0.2, -0.15) is 0 Å². The first-order chi connectivity index (χ1) is 8.34. The minimum Gasteiger partial charge on any atom is -0.382 e. The van der Waals surface area contributed by atoms with Gasteiger partial charge in [-0.3, -0.25) is 0 Å². The van der Waals surface area contributed by atoms with Crippen LogP contribution >= 0.6 is 11.8 Å². The molecule has 0 aliphatic carbocycles. The Kier molecular flexibility index (Phi) is 8.05. The highest BCUT2D eigenvalue weighted by Gasteiger charge is 1.99. The third-order valence-corrected chi connectivity index (χ3v) is 3.27. The molecule has 0 amide bonds. The van der Waals surface area contributed by atoms with Gasteiger partial charge < -0.3 is 10.1 Å². The second-order valence-electron chi connectivity index (χ2n) is 3.58. The summed E-state index contributed by atoms with van der Waals surface area (Å²) >= 11 is 1.55. The van der Waals surface area contributed by atoms with E-state index in [-0.39, 0.29) is 5.82 Å². The summed E-state index contributed by atoms with van der Waals surface area (Å²) in [5, 5.41) is 3.31. The molecule has 0 spiro atoms. The normalized spacial score (nSPS) is 10.7. The Bertz CT molecular complexity index is 309. The SMILES string of the molecule is CCOCCCNCCSc1ccccc1F. The van der Waals surface area contributed by atoms with Crippen molar-refractivity contribution in [3.63, 3.8) is 0 Å². The fourth-order valence-electron chi connectivity index (χ4n) is 1.36. The number of thioether (sulfide) groups is 1. The summed E-state index contributed by atoms with van der Waals surface area (Å²) in [5.74, 6) is 0.754. The Morgan fingerprint density at radius 2 is 2.12 bits per heavy atom. The molecule has 0 heterocycles. The fraction of sp³-hybridized carbons (Fsp3) is 0.538. The van der Waals surface area contributed by atoms with Crippen molar-refractivity contribution in [2.75, 3.05) is 32.1 Å². The van der Waals surface area contributed by atoms with Crippen molar-refractivity contribution in [3.05, 3.63) is 30.1 Å². The molecule has 0 aliphatic heterocycles. The van der Waals surface area contributed by atoms with Gasteiger partial charge in [0.25, 0.3) is 0 Å². The van der Waals surface area contributed by atoms with Gasteiger partial charge in [0.15, 0.2) is 0 Å². The Hall–Kier alpha value is -0.580. The largest absolute Gasteiger partial charge is 0.382 e. The molecule has 1 rings (SSSR count). The molecule has 0 saturated heterocycles. The topological polar surface area (TPSA) is 21.3 Å². The second kappa shape index (κ2) is 9.45. The summed E-state index contributed by atoms with van der Waals surface area (Å²) in [6.07, 6.45) is 1.03. The molecule has 2 nitrogen and oxygen atoms in total. The molecule has 1 aromatic rings. The second-order valence-corrected chi connectivity index (χ2v) is 4.72. The highest BCUT2D eigenvalue weighted by molar-refractivity contribution is 7.99. The van der Waals surface area contributed by atoms with E-state index in [1.165, 1.54) is 6.07 Å². The Morgan fingerprint density at radius 3 is 2.88 bits per heavy atom. The summed E-state index contributed by atoms with van der Waals surface area (Å²) in [4.78, 5) is 0.726. The first-order valence-corrected chi connectivity index (χ1v) is 6.99. The van der Waals surface area contributed by atoms with Crippen LogP contribution in [0.4, 0.5) is 4.39 Å². The maximum Gasteiger partial charge on any atom is 0.136 e. The third-order valence-electron chi connectivity index (χ3n) is 2.22. The monoisotopic (exact) mass is 257 g/mol. The van der Waals surface area contributed by atoms with Crippen LogP contribution in [-0.4, -0.2) is 32.1 Å². The van der Waals surface area contributed by atoms with Gasteiger partial charge in [-0.05, 0) is 32.0 Å². The van der Waals surface area contributed by atoms with Crippen LogP contribution in [0.5, 0.6) is 0 Å². The van der Waals surface area contributed by atoms with Crippen molar-refractivity contribution in [1.82, 2.24) is 5.32 Å². The van der Waals surface area contributed by atoms with Gasteiger partial charge >= 0.3 is 0 Å². The standard InChI is InChI=1S/C13H20FNOS/c1-2-16-10-5-8-15-9-11-17-13-7-4-3-6-12(13)14/h3-4,6-7,15H,2,5,8-11H2,1H3. The zero-order valence-corrected chi connectivity index (χ0v) is 11.1. The van der Waals surface area contributed by atoms with E-state index in [4.69, 9.17) is 4.74 Å². The number of ether oxygens (including phenoxy) is 1. The lowest BCUT2D eigenvalue weighted by Gasteiger charge is -2.05. The van der Waals surface area contributed by atoms with Crippen LogP contribution in [-0.2, 0) is 4.74 Å². The summed E-state index contributed by atoms with van der Waals surface area (Å²) in [6.45, 7) is 5.44. The number of halogens is 1. The van der Waals surface area contributed by atoms with Crippen LogP contribution in [0.3, 0.4) is 0 Å². The molecule has 0 bridgehead atoms. The van der Waals surface area contributed by atoms with Crippen molar-refractivity contribution in [3.8, 4) is 0 Å². The number of hydrogen-bond acceptors (Lipinski definition) is 3. The summed E-state index contributed by atoms with van der Waals surface area (Å²) < 4.78 is 18.5. The van der Waals surface area contributed by atoms with Crippen LogP contribution < -0.4 is 5.32 Å². The summed E-state index contributed by atoms with van der Waals surface area (Å²) in [7, 11) is 0. The first kappa shape index (κ1) is 14.5. The van der Waals surface area contributed by atoms with Gasteiger partial charge in [0, 0.05) is 30.4 Å². The van der Waals surface area contributed by atoms with E-state index in [2.05, 4.69) is 5.32 Å². The van der Waals surface area contributed by atoms with Crippen molar-refractivity contribution in [2.45, 2.75) is 18.2 Å². The molecular formula is C13H20FNOS. The molecule has 0 atom stereocenters. The minimum atomic E-state index is -0.131. The van der Waals surface area contributed by atoms with Crippen LogP contribution in [0.1, 0.15) is 13.3 Å². The van der Waals surface area contributed by atoms with Gasteiger partial charge in [0.05, 0.1) is 0 Å². The predicted octanol–water partition coefficient (Wildman–Crippen LogP) is 2.93. The molecule has 4 heteroatoms. The van der Waals surface area contributed by atoms with Gasteiger partial charge in [0.2, 0.25) is 0 Å². The van der Waals surface area contributed by atoms with E-state index in [9.17, 15) is 4.39 Å². The highest BCUT2D eigenvalue weighted by Crippen LogP contribution is 2.20. The molecule has 17 heavy (non-hydrogen) atoms. The van der Waals surface area contributed by atoms with Gasteiger partial charge in [-0.1, -0.05) is 12.1 Å². The third kappa shape index (κ3) is 6.66. The van der Waals surface area contributed by atoms with Crippen LogP contribution in [0.15, 0.2) is 29.2 Å². The Morgan fingerprint density at radius 1 is 1.29 bits per heavy atom. The van der Waals surface area contributed by atoms with E-state index in [1.54, 1.807) is 17.8 Å². The lowest BCUT2D eigenvalue weighted by molar-refractivity contribution is 0.145. The van der Waals surface area contributed by atoms with Crippen molar-refractivity contribution >= 4 is 11.8 Å². The minimum absolute atomic E-state index is 0.131. The van der Waals surface area contributed by atoms with Crippen molar-refractivity contribution < 1.29 is 9.13 Å². The zero-order valence-electron chi connectivity index (χ0n) is 10.2. The summed E-state index contributed by atoms with van der Waals surface area (Å²) in [6, 6.07) is 6.89. The van der Waals surface area contributed by atoms with E-state index in [1.807, 2.05) is 19.1 Å². The quantitative estimate of drug-likeness (QED) is 0.543. The maximum atomic E-state index is 13.2. The van der Waals surface area contributed by atoms with E-state index in [0.29, 0.717) is 0 Å². The molecule has 1 aromatic carbocycles. The van der Waals surface area contributed by atoms with Gasteiger partial charge in [-0.15, -0.1) is 11.8 Å². The smallest absolute Gasteiger partial charge is 0.136 e. The lowest BCUT2D eigenvalue weighted by atomic mass is 10.3. The average Bonchev–Trinajstić information content (AvgIpc) is 2.35. The molecule has 0 aromatic heterocycles. The van der Waals surface area contributed by atoms with Gasteiger partial charge in [-0.25, -0.2) is 4.39 Å². The van der Waals surface area contributed by atoms with Gasteiger partial charge in [0.1, 0.15) is 5.82 Å². The molecule has 0 aliphatic rings. The Balaban J connectivity index is 1.99. The van der Waals surface area contributed by atoms with E-state index in [0.717, 1.165) is 43.4 Å². The molecule has 0 fully saturated rings. The number of rotatable bonds is 9. The zero-order chi connectivity index (χ0) is 12.3. The Labute approximate surface area is 107 Å². The molecular weight excluding hydrogens is 237 g/mol. The van der Waals surface area contributed by atoms with Crippen molar-refractivity contribution in [2.24, 2.45) is 0 Å². The lowest BCUT2D eigenvalue weighted by Crippen LogP contribution is -2.19. The van der Waals surface area contributed by atoms with Crippen LogP contribution in [0.2, 0.25) is 0 Å². The number of nitrogens with one attached hydrogen (secondary N) is 1. The van der Waals surface area contributed by atoms with Crippen LogP contribution in [0.25, 0.3) is 0 Å².